The van der Waals surface area contributed by atoms with Crippen LogP contribution in [0.15, 0.2) is 0 Å². The predicted molar refractivity (Wildman–Crippen MR) is 44.0 cm³/mol. The van der Waals surface area contributed by atoms with Gasteiger partial charge in [-0.05, 0) is 18.6 Å². The van der Waals surface area contributed by atoms with Crippen molar-refractivity contribution in [2.75, 3.05) is 0 Å². The molecule has 0 amide bonds. The summed E-state index contributed by atoms with van der Waals surface area (Å²) in [5.41, 5.74) is 0. The SMILES string of the molecule is CC(O)=S.CCCC(O)O. The van der Waals surface area contributed by atoms with Crippen molar-refractivity contribution in [1.82, 2.24) is 0 Å². The van der Waals surface area contributed by atoms with Gasteiger partial charge < -0.3 is 15.3 Å². The molecule has 0 rings (SSSR count). The Hall–Kier alpha value is -0.190. The van der Waals surface area contributed by atoms with Crippen LogP contribution in [0, 0.1) is 0 Å². The Morgan fingerprint density at radius 2 is 1.80 bits per heavy atom. The summed E-state index contributed by atoms with van der Waals surface area (Å²) < 4.78 is 0. The van der Waals surface area contributed by atoms with Gasteiger partial charge in [0.25, 0.3) is 0 Å². The van der Waals surface area contributed by atoms with Crippen LogP contribution in [0.5, 0.6) is 0 Å². The lowest BCUT2D eigenvalue weighted by atomic mass is 10.3. The molecule has 0 spiro atoms. The molecular weight excluding hydrogens is 152 g/mol. The second kappa shape index (κ2) is 8.81. The first kappa shape index (κ1) is 12.5. The molecule has 10 heavy (non-hydrogen) atoms. The second-order valence-corrected chi connectivity index (χ2v) is 2.38. The number of hydrogen-bond donors (Lipinski definition) is 3. The van der Waals surface area contributed by atoms with Crippen molar-refractivity contribution in [3.63, 3.8) is 0 Å². The van der Waals surface area contributed by atoms with E-state index < -0.39 is 6.29 Å². The highest BCUT2D eigenvalue weighted by Gasteiger charge is 1.89. The van der Waals surface area contributed by atoms with E-state index in [1.54, 1.807) is 0 Å². The van der Waals surface area contributed by atoms with E-state index in [0.717, 1.165) is 6.42 Å². The third-order valence-electron chi connectivity index (χ3n) is 0.547. The zero-order chi connectivity index (χ0) is 8.57. The van der Waals surface area contributed by atoms with Crippen LogP contribution in [0.3, 0.4) is 0 Å². The molecule has 0 aliphatic rings. The summed E-state index contributed by atoms with van der Waals surface area (Å²) in [5.74, 6) is 0. The maximum Gasteiger partial charge on any atom is 0.153 e. The Bertz CT molecular complexity index is 79.1. The molecule has 3 nitrogen and oxygen atoms in total. The lowest BCUT2D eigenvalue weighted by Crippen LogP contribution is -2.01. The van der Waals surface area contributed by atoms with Crippen molar-refractivity contribution >= 4 is 17.3 Å². The normalized spacial score (nSPS) is 8.50. The first-order valence-electron chi connectivity index (χ1n) is 3.06. The standard InChI is InChI=1S/C4H10O2.C2H4OS/c1-2-3-4(5)6;1-2(3)4/h4-6H,2-3H2,1H3;1H3,(H,3,4). The summed E-state index contributed by atoms with van der Waals surface area (Å²) in [6.45, 7) is 3.36. The first-order valence-corrected chi connectivity index (χ1v) is 3.47. The molecule has 4 heteroatoms. The molecule has 0 bridgehead atoms. The number of aliphatic hydroxyl groups excluding tert-OH is 2. The Kier molecular flexibility index (Phi) is 11.0. The van der Waals surface area contributed by atoms with Crippen molar-refractivity contribution in [3.05, 3.63) is 0 Å². The van der Waals surface area contributed by atoms with E-state index in [1.165, 1.54) is 6.92 Å². The molecule has 0 fully saturated rings. The molecule has 3 N–H and O–H groups in total. The molecule has 0 aromatic heterocycles. The minimum absolute atomic E-state index is 0.000000000000000222. The van der Waals surface area contributed by atoms with Crippen LogP contribution in [0.1, 0.15) is 26.7 Å². The van der Waals surface area contributed by atoms with Gasteiger partial charge in [-0.3, -0.25) is 0 Å². The predicted octanol–water partition coefficient (Wildman–Crippen LogP) is 0.989. The van der Waals surface area contributed by atoms with Crippen molar-refractivity contribution in [2.24, 2.45) is 0 Å². The topological polar surface area (TPSA) is 60.7 Å². The van der Waals surface area contributed by atoms with E-state index in [9.17, 15) is 0 Å². The van der Waals surface area contributed by atoms with Crippen molar-refractivity contribution in [1.29, 1.82) is 0 Å². The second-order valence-electron chi connectivity index (χ2n) is 1.79. The number of aliphatic hydroxyl groups is 3. The van der Waals surface area contributed by atoms with Gasteiger partial charge in [0.05, 0.1) is 0 Å². The largest absolute Gasteiger partial charge is 0.502 e. The van der Waals surface area contributed by atoms with E-state index >= 15 is 0 Å². The highest BCUT2D eigenvalue weighted by molar-refractivity contribution is 7.79. The molecule has 0 atom stereocenters. The van der Waals surface area contributed by atoms with Gasteiger partial charge in [0.15, 0.2) is 11.3 Å². The zero-order valence-electron chi connectivity index (χ0n) is 6.24. The zero-order valence-corrected chi connectivity index (χ0v) is 7.06. The maximum atomic E-state index is 8.11. The molecule has 0 radical (unpaired) electrons. The Morgan fingerprint density at radius 3 is 1.80 bits per heavy atom. The van der Waals surface area contributed by atoms with Crippen LogP contribution in [0.4, 0.5) is 0 Å². The summed E-state index contributed by atoms with van der Waals surface area (Å²) in [6.07, 6.45) is 0.215. The van der Waals surface area contributed by atoms with Crippen LogP contribution >= 0.6 is 12.2 Å². The lowest BCUT2D eigenvalue weighted by Gasteiger charge is -1.94. The van der Waals surface area contributed by atoms with Crippen LogP contribution in [-0.2, 0) is 0 Å². The molecule has 0 saturated heterocycles. The summed E-state index contributed by atoms with van der Waals surface area (Å²) >= 11 is 4.09. The van der Waals surface area contributed by atoms with Crippen LogP contribution in [0.2, 0.25) is 0 Å². The third kappa shape index (κ3) is 45.9. The molecule has 0 aliphatic heterocycles. The van der Waals surface area contributed by atoms with Gasteiger partial charge >= 0.3 is 0 Å². The molecule has 0 aromatic rings. The van der Waals surface area contributed by atoms with E-state index in [4.69, 9.17) is 15.3 Å². The molecule has 0 aromatic carbocycles. The summed E-state index contributed by atoms with van der Waals surface area (Å²) in [5, 5.41) is 24.0. The fourth-order valence-electron chi connectivity index (χ4n) is 0.258. The smallest absolute Gasteiger partial charge is 0.153 e. The van der Waals surface area contributed by atoms with Crippen LogP contribution < -0.4 is 0 Å². The Labute approximate surface area is 66.3 Å². The Balaban J connectivity index is 0. The van der Waals surface area contributed by atoms with E-state index in [1.807, 2.05) is 6.92 Å². The fraction of sp³-hybridized carbons (Fsp3) is 0.833. The molecule has 0 aliphatic carbocycles. The number of hydrogen-bond acceptors (Lipinski definition) is 3. The minimum Gasteiger partial charge on any atom is -0.502 e. The van der Waals surface area contributed by atoms with Crippen LogP contribution in [0.25, 0.3) is 0 Å². The molecule has 0 heterocycles. The fourth-order valence-corrected chi connectivity index (χ4v) is 0.258. The van der Waals surface area contributed by atoms with Crippen molar-refractivity contribution in [2.45, 2.75) is 33.0 Å². The van der Waals surface area contributed by atoms with Gasteiger partial charge in [-0.25, -0.2) is 0 Å². The molecule has 0 saturated carbocycles. The van der Waals surface area contributed by atoms with Gasteiger partial charge in [0, 0.05) is 6.92 Å². The average molecular weight is 166 g/mol. The molecular formula is C6H14O3S. The van der Waals surface area contributed by atoms with Crippen molar-refractivity contribution in [3.8, 4) is 0 Å². The minimum atomic E-state index is -1.10. The number of thiocarbonyl (C=S) groups is 1. The highest BCUT2D eigenvalue weighted by Crippen LogP contribution is 1.88. The maximum absolute atomic E-state index is 8.11. The van der Waals surface area contributed by atoms with Crippen molar-refractivity contribution < 1.29 is 15.3 Å². The first-order chi connectivity index (χ1) is 4.50. The van der Waals surface area contributed by atoms with E-state index in [0.29, 0.717) is 6.42 Å². The average Bonchev–Trinajstić information content (AvgIpc) is 1.62. The van der Waals surface area contributed by atoms with E-state index in [-0.39, 0.29) is 5.05 Å². The monoisotopic (exact) mass is 166 g/mol. The van der Waals surface area contributed by atoms with Gasteiger partial charge in [0.1, 0.15) is 0 Å². The lowest BCUT2D eigenvalue weighted by molar-refractivity contribution is -0.0453. The summed E-state index contributed by atoms with van der Waals surface area (Å²) in [7, 11) is 0. The van der Waals surface area contributed by atoms with Gasteiger partial charge in [-0.2, -0.15) is 0 Å². The van der Waals surface area contributed by atoms with Gasteiger partial charge in [-0.15, -0.1) is 0 Å². The molecule has 0 unspecified atom stereocenters. The quantitative estimate of drug-likeness (QED) is 0.423. The van der Waals surface area contributed by atoms with Crippen LogP contribution in [-0.4, -0.2) is 26.7 Å². The summed E-state index contributed by atoms with van der Waals surface area (Å²) in [6, 6.07) is 0. The van der Waals surface area contributed by atoms with Gasteiger partial charge in [-0.1, -0.05) is 13.3 Å². The third-order valence-corrected chi connectivity index (χ3v) is 0.547. The van der Waals surface area contributed by atoms with E-state index in [2.05, 4.69) is 12.2 Å². The highest BCUT2D eigenvalue weighted by atomic mass is 32.1. The van der Waals surface area contributed by atoms with Gasteiger partial charge in [0.2, 0.25) is 0 Å². The Morgan fingerprint density at radius 1 is 1.50 bits per heavy atom. The number of rotatable bonds is 2. The summed E-state index contributed by atoms with van der Waals surface area (Å²) in [4.78, 5) is 0. The molecule has 62 valence electrons.